The molecule has 0 heterocycles. The Balaban J connectivity index is 2.66. The second kappa shape index (κ2) is 5.89. The fourth-order valence-electron chi connectivity index (χ4n) is 1.09. The molecule has 1 N–H and O–H groups in total. The van der Waals surface area contributed by atoms with Gasteiger partial charge in [0.15, 0.2) is 0 Å². The number of nitrogens with zero attached hydrogens (tertiary/aromatic N) is 3. The van der Waals surface area contributed by atoms with Crippen LogP contribution in [-0.4, -0.2) is 18.3 Å². The van der Waals surface area contributed by atoms with E-state index in [2.05, 4.69) is 14.8 Å². The largest absolute Gasteiger partial charge is 0.435 e. The van der Waals surface area contributed by atoms with Crippen LogP contribution >= 0.6 is 0 Å². The lowest BCUT2D eigenvalue weighted by molar-refractivity contribution is -0.0498. The summed E-state index contributed by atoms with van der Waals surface area (Å²) in [6.07, 6.45) is -0.948. The highest BCUT2D eigenvalue weighted by Gasteiger charge is 2.08. The van der Waals surface area contributed by atoms with Crippen LogP contribution in [0.2, 0.25) is 0 Å². The summed E-state index contributed by atoms with van der Waals surface area (Å²) < 4.78 is 27.8. The Morgan fingerprint density at radius 3 is 2.50 bits per heavy atom. The summed E-state index contributed by atoms with van der Waals surface area (Å²) in [5, 5.41) is 12.7. The van der Waals surface area contributed by atoms with E-state index in [4.69, 9.17) is 5.53 Å². The van der Waals surface area contributed by atoms with Gasteiger partial charge in [-0.15, -0.1) is 0 Å². The molecule has 1 aromatic rings. The molecule has 1 aromatic carbocycles. The molecule has 0 saturated heterocycles. The summed E-state index contributed by atoms with van der Waals surface area (Å²) in [4.78, 5) is 2.50. The van der Waals surface area contributed by atoms with Crippen molar-refractivity contribution in [3.8, 4) is 5.75 Å². The van der Waals surface area contributed by atoms with Crippen molar-refractivity contribution in [1.29, 1.82) is 0 Å². The third kappa shape index (κ3) is 3.72. The van der Waals surface area contributed by atoms with Crippen molar-refractivity contribution in [1.82, 2.24) is 0 Å². The summed E-state index contributed by atoms with van der Waals surface area (Å²) >= 11 is 0. The minimum Gasteiger partial charge on any atom is -0.435 e. The lowest BCUT2D eigenvalue weighted by atomic mass is 10.1. The zero-order valence-electron chi connectivity index (χ0n) is 8.12. The van der Waals surface area contributed by atoms with Crippen LogP contribution < -0.4 is 4.74 Å². The molecule has 0 fully saturated rings. The first-order chi connectivity index (χ1) is 7.63. The summed E-state index contributed by atoms with van der Waals surface area (Å²) in [7, 11) is 0. The van der Waals surface area contributed by atoms with E-state index >= 15 is 0 Å². The molecular weight excluding hydrogens is 220 g/mol. The van der Waals surface area contributed by atoms with Crippen molar-refractivity contribution in [2.75, 3.05) is 6.54 Å². The number of alkyl halides is 2. The first kappa shape index (κ1) is 12.2. The SMILES string of the molecule is [N-]=[N+]=NC[C@@H](O)c1ccc(OC(F)F)cc1. The molecule has 0 aliphatic carbocycles. The molecular formula is C9H9F2N3O2. The maximum atomic E-state index is 11.8. The molecule has 0 aliphatic rings. The minimum atomic E-state index is -2.88. The van der Waals surface area contributed by atoms with E-state index in [9.17, 15) is 13.9 Å². The predicted octanol–water partition coefficient (Wildman–Crippen LogP) is 2.63. The fraction of sp³-hybridized carbons (Fsp3) is 0.333. The maximum Gasteiger partial charge on any atom is 0.387 e. The number of rotatable bonds is 5. The predicted molar refractivity (Wildman–Crippen MR) is 52.0 cm³/mol. The Bertz CT molecular complexity index is 377. The number of hydrogen-bond acceptors (Lipinski definition) is 3. The second-order valence-corrected chi connectivity index (χ2v) is 2.88. The Morgan fingerprint density at radius 2 is 2.00 bits per heavy atom. The van der Waals surface area contributed by atoms with E-state index in [1.54, 1.807) is 0 Å². The monoisotopic (exact) mass is 229 g/mol. The third-order valence-corrected chi connectivity index (χ3v) is 1.81. The number of ether oxygens (including phenoxy) is 1. The second-order valence-electron chi connectivity index (χ2n) is 2.88. The van der Waals surface area contributed by atoms with Gasteiger partial charge >= 0.3 is 6.61 Å². The van der Waals surface area contributed by atoms with Crippen molar-refractivity contribution in [3.05, 3.63) is 40.3 Å². The molecule has 0 bridgehead atoms. The zero-order valence-corrected chi connectivity index (χ0v) is 8.12. The zero-order chi connectivity index (χ0) is 12.0. The highest BCUT2D eigenvalue weighted by atomic mass is 19.3. The van der Waals surface area contributed by atoms with E-state index in [1.165, 1.54) is 24.3 Å². The molecule has 0 saturated carbocycles. The number of benzene rings is 1. The fourth-order valence-corrected chi connectivity index (χ4v) is 1.09. The molecule has 7 heteroatoms. The van der Waals surface area contributed by atoms with E-state index in [1.807, 2.05) is 0 Å². The number of aliphatic hydroxyl groups excluding tert-OH is 1. The van der Waals surface area contributed by atoms with Crippen molar-refractivity contribution in [2.24, 2.45) is 5.11 Å². The Hall–Kier alpha value is -1.85. The summed E-state index contributed by atoms with van der Waals surface area (Å²) in [6, 6.07) is 5.46. The van der Waals surface area contributed by atoms with Gasteiger partial charge in [-0.3, -0.25) is 0 Å². The standard InChI is InChI=1S/C9H9F2N3O2/c10-9(11)16-7-3-1-6(2-4-7)8(15)5-13-14-12/h1-4,8-9,15H,5H2/t8-/m1/s1. The summed E-state index contributed by atoms with van der Waals surface area (Å²) in [6.45, 7) is -2.98. The Kier molecular flexibility index (Phi) is 4.50. The van der Waals surface area contributed by atoms with Gasteiger partial charge in [0.05, 0.1) is 12.6 Å². The van der Waals surface area contributed by atoms with Crippen LogP contribution in [0, 0.1) is 0 Å². The number of aliphatic hydroxyl groups is 1. The van der Waals surface area contributed by atoms with Crippen molar-refractivity contribution >= 4 is 0 Å². The molecule has 0 unspecified atom stereocenters. The topological polar surface area (TPSA) is 78.2 Å². The first-order valence-electron chi connectivity index (χ1n) is 4.37. The van der Waals surface area contributed by atoms with Crippen LogP contribution in [0.4, 0.5) is 8.78 Å². The Labute approximate surface area is 89.9 Å². The first-order valence-corrected chi connectivity index (χ1v) is 4.37. The quantitative estimate of drug-likeness (QED) is 0.478. The molecule has 0 amide bonds. The normalized spacial score (nSPS) is 12.0. The molecule has 0 spiro atoms. The van der Waals surface area contributed by atoms with Crippen LogP contribution in [0.1, 0.15) is 11.7 Å². The maximum absolute atomic E-state index is 11.8. The average molecular weight is 229 g/mol. The van der Waals surface area contributed by atoms with Crippen molar-refractivity contribution < 1.29 is 18.6 Å². The molecule has 0 radical (unpaired) electrons. The van der Waals surface area contributed by atoms with E-state index in [0.29, 0.717) is 5.56 Å². The smallest absolute Gasteiger partial charge is 0.387 e. The van der Waals surface area contributed by atoms with Crippen molar-refractivity contribution in [3.63, 3.8) is 0 Å². The van der Waals surface area contributed by atoms with E-state index in [-0.39, 0.29) is 12.3 Å². The van der Waals surface area contributed by atoms with Gasteiger partial charge in [-0.2, -0.15) is 8.78 Å². The van der Waals surface area contributed by atoms with E-state index in [0.717, 1.165) is 0 Å². The third-order valence-electron chi connectivity index (χ3n) is 1.81. The molecule has 5 nitrogen and oxygen atoms in total. The van der Waals surface area contributed by atoms with Gasteiger partial charge < -0.3 is 9.84 Å². The molecule has 1 atom stereocenters. The van der Waals surface area contributed by atoms with Crippen LogP contribution in [0.15, 0.2) is 29.4 Å². The highest BCUT2D eigenvalue weighted by Crippen LogP contribution is 2.19. The van der Waals surface area contributed by atoms with Gasteiger partial charge in [0.1, 0.15) is 5.75 Å². The molecule has 0 aromatic heterocycles. The number of halogens is 2. The lowest BCUT2D eigenvalue weighted by Gasteiger charge is -2.09. The molecule has 1 rings (SSSR count). The average Bonchev–Trinajstić information content (AvgIpc) is 2.26. The van der Waals surface area contributed by atoms with Gasteiger partial charge in [-0.1, -0.05) is 17.2 Å². The minimum absolute atomic E-state index is 0.00901. The molecule has 16 heavy (non-hydrogen) atoms. The highest BCUT2D eigenvalue weighted by molar-refractivity contribution is 5.28. The van der Waals surface area contributed by atoms with Crippen molar-refractivity contribution in [2.45, 2.75) is 12.7 Å². The van der Waals surface area contributed by atoms with Crippen LogP contribution in [0.3, 0.4) is 0 Å². The Morgan fingerprint density at radius 1 is 1.38 bits per heavy atom. The van der Waals surface area contributed by atoms with Crippen LogP contribution in [0.25, 0.3) is 10.4 Å². The number of hydrogen-bond donors (Lipinski definition) is 1. The van der Waals surface area contributed by atoms with Gasteiger partial charge in [0, 0.05) is 4.91 Å². The molecule has 86 valence electrons. The summed E-state index contributed by atoms with van der Waals surface area (Å²) in [5.74, 6) is 0.00901. The van der Waals surface area contributed by atoms with Gasteiger partial charge in [-0.25, -0.2) is 0 Å². The van der Waals surface area contributed by atoms with Crippen LogP contribution in [0.5, 0.6) is 5.75 Å². The lowest BCUT2D eigenvalue weighted by Crippen LogP contribution is -2.03. The summed E-state index contributed by atoms with van der Waals surface area (Å²) in [5.41, 5.74) is 8.52. The number of azide groups is 1. The van der Waals surface area contributed by atoms with Gasteiger partial charge in [0.25, 0.3) is 0 Å². The van der Waals surface area contributed by atoms with Gasteiger partial charge in [0.2, 0.25) is 0 Å². The van der Waals surface area contributed by atoms with Gasteiger partial charge in [-0.05, 0) is 23.2 Å². The van der Waals surface area contributed by atoms with E-state index < -0.39 is 12.7 Å². The molecule has 0 aliphatic heterocycles. The van der Waals surface area contributed by atoms with Crippen LogP contribution in [-0.2, 0) is 0 Å².